The second-order valence-corrected chi connectivity index (χ2v) is 6.44. The van der Waals surface area contributed by atoms with Gasteiger partial charge in [0.2, 0.25) is 0 Å². The van der Waals surface area contributed by atoms with Crippen molar-refractivity contribution in [2.45, 2.75) is 47.1 Å². The van der Waals surface area contributed by atoms with Crippen LogP contribution in [0.4, 0.5) is 0 Å². The average Bonchev–Trinajstić information content (AvgIpc) is 2.65. The average molecular weight is 323 g/mol. The summed E-state index contributed by atoms with van der Waals surface area (Å²) in [6.07, 6.45) is 1.09. The first-order chi connectivity index (χ1) is 6.83. The quantitative estimate of drug-likeness (QED) is 0.573. The molecule has 0 aromatic rings. The molecular weight excluding hydrogens is 301 g/mol. The summed E-state index contributed by atoms with van der Waals surface area (Å²) in [5, 5.41) is 0. The van der Waals surface area contributed by atoms with E-state index in [0.717, 1.165) is 23.4 Å². The highest BCUT2D eigenvalue weighted by molar-refractivity contribution is 14.1. The summed E-state index contributed by atoms with van der Waals surface area (Å²) in [6.45, 7) is 11.9. The van der Waals surface area contributed by atoms with E-state index in [9.17, 15) is 0 Å². The van der Waals surface area contributed by atoms with Crippen molar-refractivity contribution in [3.8, 4) is 0 Å². The molecular formula is C12H22INO. The van der Waals surface area contributed by atoms with E-state index < -0.39 is 0 Å². The molecule has 0 spiro atoms. The Balaban J connectivity index is 2.83. The van der Waals surface area contributed by atoms with Gasteiger partial charge in [-0.05, 0) is 11.8 Å². The van der Waals surface area contributed by atoms with Gasteiger partial charge in [0.15, 0.2) is 5.90 Å². The summed E-state index contributed by atoms with van der Waals surface area (Å²) < 4.78 is 6.85. The second kappa shape index (κ2) is 4.60. The van der Waals surface area contributed by atoms with E-state index in [4.69, 9.17) is 9.73 Å². The SMILES string of the molecule is CCC(C)(CI)C1=N[C@@H](C(C)(C)C)CO1. The third-order valence-electron chi connectivity index (χ3n) is 3.24. The van der Waals surface area contributed by atoms with E-state index in [1.165, 1.54) is 0 Å². The van der Waals surface area contributed by atoms with Gasteiger partial charge in [-0.1, -0.05) is 57.2 Å². The van der Waals surface area contributed by atoms with Crippen molar-refractivity contribution >= 4 is 28.5 Å². The van der Waals surface area contributed by atoms with Crippen LogP contribution in [0.5, 0.6) is 0 Å². The predicted molar refractivity (Wildman–Crippen MR) is 73.9 cm³/mol. The van der Waals surface area contributed by atoms with Crippen molar-refractivity contribution in [1.29, 1.82) is 0 Å². The molecule has 0 amide bonds. The Bertz CT molecular complexity index is 251. The Kier molecular flexibility index (Phi) is 4.07. The van der Waals surface area contributed by atoms with Gasteiger partial charge in [-0.25, -0.2) is 4.99 Å². The first-order valence-corrected chi connectivity index (χ1v) is 7.13. The van der Waals surface area contributed by atoms with E-state index in [0.29, 0.717) is 6.04 Å². The lowest BCUT2D eigenvalue weighted by Gasteiger charge is -2.24. The molecule has 0 aromatic heterocycles. The molecule has 2 atom stereocenters. The fraction of sp³-hybridized carbons (Fsp3) is 0.917. The minimum Gasteiger partial charge on any atom is -0.478 e. The van der Waals surface area contributed by atoms with Crippen LogP contribution < -0.4 is 0 Å². The van der Waals surface area contributed by atoms with Crippen molar-refractivity contribution in [1.82, 2.24) is 0 Å². The van der Waals surface area contributed by atoms with Crippen molar-refractivity contribution in [2.24, 2.45) is 15.8 Å². The van der Waals surface area contributed by atoms with Crippen molar-refractivity contribution < 1.29 is 4.74 Å². The lowest BCUT2D eigenvalue weighted by molar-refractivity contribution is 0.221. The summed E-state index contributed by atoms with van der Waals surface area (Å²) >= 11 is 2.42. The molecule has 1 aliphatic rings. The van der Waals surface area contributed by atoms with E-state index >= 15 is 0 Å². The predicted octanol–water partition coefficient (Wildman–Crippen LogP) is 3.68. The van der Waals surface area contributed by atoms with Gasteiger partial charge >= 0.3 is 0 Å². The van der Waals surface area contributed by atoms with Gasteiger partial charge in [-0.15, -0.1) is 0 Å². The second-order valence-electron chi connectivity index (χ2n) is 5.67. The topological polar surface area (TPSA) is 21.6 Å². The number of ether oxygens (including phenoxy) is 1. The minimum atomic E-state index is 0.126. The molecule has 1 aliphatic heterocycles. The highest BCUT2D eigenvalue weighted by Crippen LogP contribution is 2.34. The maximum atomic E-state index is 5.78. The number of halogens is 1. The Morgan fingerprint density at radius 2 is 2.00 bits per heavy atom. The molecule has 0 saturated carbocycles. The maximum Gasteiger partial charge on any atom is 0.190 e. The van der Waals surface area contributed by atoms with Gasteiger partial charge in [0, 0.05) is 4.43 Å². The molecule has 88 valence electrons. The first-order valence-electron chi connectivity index (χ1n) is 5.60. The molecule has 15 heavy (non-hydrogen) atoms. The molecule has 0 radical (unpaired) electrons. The van der Waals surface area contributed by atoms with Crippen LogP contribution >= 0.6 is 22.6 Å². The third kappa shape index (κ3) is 2.86. The van der Waals surface area contributed by atoms with E-state index in [1.807, 2.05) is 0 Å². The van der Waals surface area contributed by atoms with Crippen molar-refractivity contribution in [3.05, 3.63) is 0 Å². The van der Waals surface area contributed by atoms with Gasteiger partial charge in [-0.2, -0.15) is 0 Å². The molecule has 0 bridgehead atoms. The summed E-state index contributed by atoms with van der Waals surface area (Å²) in [7, 11) is 0. The lowest BCUT2D eigenvalue weighted by atomic mass is 9.87. The van der Waals surface area contributed by atoms with Crippen LogP contribution in [0.2, 0.25) is 0 Å². The van der Waals surface area contributed by atoms with Crippen molar-refractivity contribution in [2.75, 3.05) is 11.0 Å². The van der Waals surface area contributed by atoms with Crippen LogP contribution in [0.3, 0.4) is 0 Å². The number of nitrogens with zero attached hydrogens (tertiary/aromatic N) is 1. The molecule has 0 N–H and O–H groups in total. The standard InChI is InChI=1S/C12H22INO/c1-6-12(5,8-13)10-14-9(7-15-10)11(2,3)4/h9H,6-8H2,1-5H3/t9-,12?/m1/s1. The van der Waals surface area contributed by atoms with Crippen LogP contribution in [0.25, 0.3) is 0 Å². The number of aliphatic imine (C=N–C) groups is 1. The molecule has 0 saturated heterocycles. The third-order valence-corrected chi connectivity index (χ3v) is 4.93. The monoisotopic (exact) mass is 323 g/mol. The normalized spacial score (nSPS) is 25.7. The van der Waals surface area contributed by atoms with Gasteiger partial charge in [0.25, 0.3) is 0 Å². The Morgan fingerprint density at radius 3 is 2.33 bits per heavy atom. The molecule has 3 heteroatoms. The molecule has 1 rings (SSSR count). The Labute approximate surface area is 107 Å². The molecule has 0 fully saturated rings. The largest absolute Gasteiger partial charge is 0.478 e. The lowest BCUT2D eigenvalue weighted by Crippen LogP contribution is -2.28. The summed E-state index contributed by atoms with van der Waals surface area (Å²) in [5.74, 6) is 0.972. The van der Waals surface area contributed by atoms with Crippen molar-refractivity contribution in [3.63, 3.8) is 0 Å². The first kappa shape index (κ1) is 13.3. The van der Waals surface area contributed by atoms with Gasteiger partial charge in [0.05, 0.1) is 11.5 Å². The zero-order valence-corrected chi connectivity index (χ0v) is 12.6. The van der Waals surface area contributed by atoms with Crippen LogP contribution in [-0.2, 0) is 4.74 Å². The molecule has 2 nitrogen and oxygen atoms in total. The highest BCUT2D eigenvalue weighted by atomic mass is 127. The fourth-order valence-corrected chi connectivity index (χ4v) is 2.32. The molecule has 0 aliphatic carbocycles. The van der Waals surface area contributed by atoms with E-state index in [2.05, 4.69) is 57.2 Å². The van der Waals surface area contributed by atoms with Gasteiger partial charge in [0.1, 0.15) is 6.61 Å². The fourth-order valence-electron chi connectivity index (χ4n) is 1.45. The van der Waals surface area contributed by atoms with Crippen LogP contribution in [0.1, 0.15) is 41.0 Å². The molecule has 1 heterocycles. The van der Waals surface area contributed by atoms with Gasteiger partial charge < -0.3 is 4.74 Å². The smallest absolute Gasteiger partial charge is 0.190 e. The van der Waals surface area contributed by atoms with Crippen LogP contribution in [0.15, 0.2) is 4.99 Å². The molecule has 1 unspecified atom stereocenters. The minimum absolute atomic E-state index is 0.126. The highest BCUT2D eigenvalue weighted by Gasteiger charge is 2.37. The number of hydrogen-bond acceptors (Lipinski definition) is 2. The summed E-state index contributed by atoms with van der Waals surface area (Å²) in [4.78, 5) is 4.76. The van der Waals surface area contributed by atoms with Crippen LogP contribution in [-0.4, -0.2) is 23.0 Å². The molecule has 0 aromatic carbocycles. The Hall–Kier alpha value is 0.200. The zero-order valence-electron chi connectivity index (χ0n) is 10.4. The van der Waals surface area contributed by atoms with Crippen LogP contribution in [0, 0.1) is 10.8 Å². The van der Waals surface area contributed by atoms with Gasteiger partial charge in [-0.3, -0.25) is 0 Å². The van der Waals surface area contributed by atoms with E-state index in [-0.39, 0.29) is 10.8 Å². The van der Waals surface area contributed by atoms with E-state index in [1.54, 1.807) is 0 Å². The number of alkyl halides is 1. The Morgan fingerprint density at radius 1 is 1.40 bits per heavy atom. The zero-order chi connectivity index (χ0) is 11.7. The number of rotatable bonds is 3. The summed E-state index contributed by atoms with van der Waals surface area (Å²) in [6, 6.07) is 0.321. The maximum absolute atomic E-state index is 5.78. The number of hydrogen-bond donors (Lipinski definition) is 0. The summed E-state index contributed by atoms with van der Waals surface area (Å²) in [5.41, 5.74) is 0.336.